The molecule has 0 radical (unpaired) electrons. The minimum absolute atomic E-state index is 0.0158. The molecule has 0 aromatic heterocycles. The van der Waals surface area contributed by atoms with E-state index in [0.717, 1.165) is 30.7 Å². The molecule has 0 amide bonds. The molecule has 1 fully saturated rings. The van der Waals surface area contributed by atoms with Gasteiger partial charge in [-0.15, -0.1) is 0 Å². The zero-order chi connectivity index (χ0) is 11.4. The first-order chi connectivity index (χ1) is 7.81. The molecule has 1 aromatic carbocycles. The molecule has 1 saturated heterocycles. The van der Waals surface area contributed by atoms with Crippen molar-refractivity contribution in [2.24, 2.45) is 0 Å². The molecule has 2 atom stereocenters. The SMILES string of the molecule is CCOc1ccc(C(F)C2CCCN2)cc1. The zero-order valence-corrected chi connectivity index (χ0v) is 9.58. The van der Waals surface area contributed by atoms with Crippen LogP contribution in [0.4, 0.5) is 4.39 Å². The van der Waals surface area contributed by atoms with Crippen molar-refractivity contribution >= 4 is 0 Å². The number of alkyl halides is 1. The Morgan fingerprint density at radius 3 is 2.75 bits per heavy atom. The van der Waals surface area contributed by atoms with Gasteiger partial charge in [-0.05, 0) is 44.0 Å². The van der Waals surface area contributed by atoms with Gasteiger partial charge in [0.15, 0.2) is 0 Å². The van der Waals surface area contributed by atoms with E-state index in [-0.39, 0.29) is 6.04 Å². The molecule has 2 nitrogen and oxygen atoms in total. The van der Waals surface area contributed by atoms with Gasteiger partial charge in [0, 0.05) is 6.04 Å². The molecule has 1 aliphatic heterocycles. The normalized spacial score (nSPS) is 22.0. The summed E-state index contributed by atoms with van der Waals surface area (Å²) in [4.78, 5) is 0. The minimum atomic E-state index is -0.904. The van der Waals surface area contributed by atoms with Gasteiger partial charge in [0.1, 0.15) is 11.9 Å². The first-order valence-corrected chi connectivity index (χ1v) is 5.91. The van der Waals surface area contributed by atoms with Gasteiger partial charge >= 0.3 is 0 Å². The molecule has 2 unspecified atom stereocenters. The van der Waals surface area contributed by atoms with E-state index >= 15 is 0 Å². The van der Waals surface area contributed by atoms with E-state index in [2.05, 4.69) is 5.32 Å². The average Bonchev–Trinajstić information content (AvgIpc) is 2.83. The van der Waals surface area contributed by atoms with Crippen LogP contribution in [0.5, 0.6) is 5.75 Å². The smallest absolute Gasteiger partial charge is 0.140 e. The minimum Gasteiger partial charge on any atom is -0.494 e. The van der Waals surface area contributed by atoms with Crippen LogP contribution >= 0.6 is 0 Å². The predicted molar refractivity (Wildman–Crippen MR) is 62.5 cm³/mol. The van der Waals surface area contributed by atoms with Crippen molar-refractivity contribution in [2.45, 2.75) is 32.0 Å². The van der Waals surface area contributed by atoms with Gasteiger partial charge in [0.05, 0.1) is 6.61 Å². The summed E-state index contributed by atoms with van der Waals surface area (Å²) in [5.41, 5.74) is 0.739. The van der Waals surface area contributed by atoms with E-state index in [1.807, 2.05) is 31.2 Å². The van der Waals surface area contributed by atoms with E-state index in [4.69, 9.17) is 4.74 Å². The number of hydrogen-bond donors (Lipinski definition) is 1. The van der Waals surface area contributed by atoms with Gasteiger partial charge < -0.3 is 10.1 Å². The number of halogens is 1. The fraction of sp³-hybridized carbons (Fsp3) is 0.538. The summed E-state index contributed by atoms with van der Waals surface area (Å²) in [5.74, 6) is 0.804. The van der Waals surface area contributed by atoms with Gasteiger partial charge in [-0.1, -0.05) is 12.1 Å². The number of hydrogen-bond acceptors (Lipinski definition) is 2. The largest absolute Gasteiger partial charge is 0.494 e. The lowest BCUT2D eigenvalue weighted by Crippen LogP contribution is -2.26. The van der Waals surface area contributed by atoms with Crippen molar-refractivity contribution in [1.29, 1.82) is 0 Å². The number of nitrogens with one attached hydrogen (secondary N) is 1. The fourth-order valence-electron chi connectivity index (χ4n) is 2.11. The summed E-state index contributed by atoms with van der Waals surface area (Å²) in [6.07, 6.45) is 1.09. The van der Waals surface area contributed by atoms with E-state index in [1.54, 1.807) is 0 Å². The Bertz CT molecular complexity index is 319. The van der Waals surface area contributed by atoms with Crippen molar-refractivity contribution < 1.29 is 9.13 Å². The lowest BCUT2D eigenvalue weighted by Gasteiger charge is -2.16. The van der Waals surface area contributed by atoms with Crippen LogP contribution in [0.1, 0.15) is 31.5 Å². The molecule has 0 bridgehead atoms. The van der Waals surface area contributed by atoms with Gasteiger partial charge in [0.25, 0.3) is 0 Å². The van der Waals surface area contributed by atoms with E-state index in [1.165, 1.54) is 0 Å². The molecular weight excluding hydrogens is 205 g/mol. The van der Waals surface area contributed by atoms with E-state index in [0.29, 0.717) is 6.61 Å². The lowest BCUT2D eigenvalue weighted by molar-refractivity contribution is 0.270. The highest BCUT2D eigenvalue weighted by molar-refractivity contribution is 5.29. The molecule has 1 heterocycles. The Labute approximate surface area is 95.8 Å². The van der Waals surface area contributed by atoms with Gasteiger partial charge in [0.2, 0.25) is 0 Å². The summed E-state index contributed by atoms with van der Waals surface area (Å²) < 4.78 is 19.4. The predicted octanol–water partition coefficient (Wildman–Crippen LogP) is 2.85. The summed E-state index contributed by atoms with van der Waals surface area (Å²) in [6.45, 7) is 3.51. The molecule has 0 aliphatic carbocycles. The highest BCUT2D eigenvalue weighted by atomic mass is 19.1. The molecule has 1 aliphatic rings. The maximum atomic E-state index is 14.1. The van der Waals surface area contributed by atoms with Gasteiger partial charge in [-0.2, -0.15) is 0 Å². The molecule has 88 valence electrons. The van der Waals surface area contributed by atoms with Crippen molar-refractivity contribution in [3.63, 3.8) is 0 Å². The zero-order valence-electron chi connectivity index (χ0n) is 9.58. The maximum absolute atomic E-state index is 14.1. The molecule has 2 rings (SSSR count). The summed E-state index contributed by atoms with van der Waals surface area (Å²) in [7, 11) is 0. The first-order valence-electron chi connectivity index (χ1n) is 5.91. The summed E-state index contributed by atoms with van der Waals surface area (Å²) >= 11 is 0. The van der Waals surface area contributed by atoms with Crippen LogP contribution in [-0.4, -0.2) is 19.2 Å². The van der Waals surface area contributed by atoms with E-state index in [9.17, 15) is 4.39 Å². The highest BCUT2D eigenvalue weighted by Gasteiger charge is 2.25. The Balaban J connectivity index is 2.02. The quantitative estimate of drug-likeness (QED) is 0.847. The van der Waals surface area contributed by atoms with Crippen LogP contribution < -0.4 is 10.1 Å². The van der Waals surface area contributed by atoms with Crippen LogP contribution in [0, 0.1) is 0 Å². The molecule has 3 heteroatoms. The number of rotatable bonds is 4. The van der Waals surface area contributed by atoms with Crippen molar-refractivity contribution in [3.05, 3.63) is 29.8 Å². The van der Waals surface area contributed by atoms with Crippen LogP contribution in [-0.2, 0) is 0 Å². The highest BCUT2D eigenvalue weighted by Crippen LogP contribution is 2.27. The first kappa shape index (κ1) is 11.4. The lowest BCUT2D eigenvalue weighted by atomic mass is 10.0. The molecule has 1 N–H and O–H groups in total. The van der Waals surface area contributed by atoms with Gasteiger partial charge in [-0.3, -0.25) is 0 Å². The molecule has 0 spiro atoms. The van der Waals surface area contributed by atoms with Crippen LogP contribution in [0.3, 0.4) is 0 Å². The van der Waals surface area contributed by atoms with Crippen molar-refractivity contribution in [2.75, 3.05) is 13.2 Å². The summed E-state index contributed by atoms with van der Waals surface area (Å²) in [6, 6.07) is 7.28. The van der Waals surface area contributed by atoms with Crippen molar-refractivity contribution in [3.8, 4) is 5.75 Å². The second-order valence-electron chi connectivity index (χ2n) is 4.11. The molecule has 16 heavy (non-hydrogen) atoms. The number of ether oxygens (including phenoxy) is 1. The molecular formula is C13H18FNO. The maximum Gasteiger partial charge on any atom is 0.140 e. The topological polar surface area (TPSA) is 21.3 Å². The van der Waals surface area contributed by atoms with Crippen LogP contribution in [0.25, 0.3) is 0 Å². The second-order valence-corrected chi connectivity index (χ2v) is 4.11. The Hall–Kier alpha value is -1.09. The second kappa shape index (κ2) is 5.30. The van der Waals surface area contributed by atoms with Crippen LogP contribution in [0.2, 0.25) is 0 Å². The third-order valence-corrected chi connectivity index (χ3v) is 2.96. The molecule has 0 saturated carbocycles. The third-order valence-electron chi connectivity index (χ3n) is 2.96. The standard InChI is InChI=1S/C13H18FNO/c1-2-16-11-7-5-10(6-8-11)13(14)12-4-3-9-15-12/h5-8,12-13,15H,2-4,9H2,1H3. The third kappa shape index (κ3) is 2.53. The van der Waals surface area contributed by atoms with Crippen molar-refractivity contribution in [1.82, 2.24) is 5.32 Å². The number of benzene rings is 1. The Morgan fingerprint density at radius 1 is 1.44 bits per heavy atom. The van der Waals surface area contributed by atoms with Crippen LogP contribution in [0.15, 0.2) is 24.3 Å². The fourth-order valence-corrected chi connectivity index (χ4v) is 2.11. The van der Waals surface area contributed by atoms with Gasteiger partial charge in [-0.25, -0.2) is 4.39 Å². The summed E-state index contributed by atoms with van der Waals surface area (Å²) in [5, 5.41) is 3.19. The monoisotopic (exact) mass is 223 g/mol. The Morgan fingerprint density at radius 2 is 2.19 bits per heavy atom. The molecule has 1 aromatic rings. The average molecular weight is 223 g/mol. The Kier molecular flexibility index (Phi) is 3.78. The van der Waals surface area contributed by atoms with E-state index < -0.39 is 6.17 Å².